The van der Waals surface area contributed by atoms with Crippen LogP contribution in [0.4, 0.5) is 18.9 Å². The Kier molecular flexibility index (Phi) is 4.72. The number of H-pyrrole nitrogens is 1. The van der Waals surface area contributed by atoms with Crippen LogP contribution in [0.5, 0.6) is 0 Å². The van der Waals surface area contributed by atoms with Crippen LogP contribution in [0.1, 0.15) is 29.8 Å². The summed E-state index contributed by atoms with van der Waals surface area (Å²) < 4.78 is 40.0. The highest BCUT2D eigenvalue weighted by molar-refractivity contribution is 5.93. The number of nitrogens with one attached hydrogen (secondary N) is 2. The molecule has 1 unspecified atom stereocenters. The van der Waals surface area contributed by atoms with Crippen molar-refractivity contribution in [2.45, 2.75) is 26.1 Å². The molecule has 0 aliphatic rings. The maximum absolute atomic E-state index is 13.3. The lowest BCUT2D eigenvalue weighted by Gasteiger charge is -2.19. The average Bonchev–Trinajstić information content (AvgIpc) is 3.22. The van der Waals surface area contributed by atoms with Gasteiger partial charge in [0.2, 0.25) is 5.56 Å². The molecule has 0 bridgehead atoms. The summed E-state index contributed by atoms with van der Waals surface area (Å²) in [6.07, 6.45) is 1.44. The normalized spacial score (nSPS) is 12.8. The first-order valence-corrected chi connectivity index (χ1v) is 8.93. The van der Waals surface area contributed by atoms with E-state index in [-0.39, 0.29) is 11.1 Å². The number of nitrogens with zero attached hydrogens (tertiary/aromatic N) is 5. The maximum Gasteiger partial charge on any atom is 0.416 e. The van der Waals surface area contributed by atoms with Crippen molar-refractivity contribution in [3.05, 3.63) is 70.2 Å². The number of pyridine rings is 1. The van der Waals surface area contributed by atoms with Gasteiger partial charge in [0.1, 0.15) is 5.69 Å². The number of rotatable bonds is 4. The third-order valence-corrected chi connectivity index (χ3v) is 4.57. The number of halogens is 3. The number of aromatic amines is 1. The topological polar surface area (TPSA) is 101 Å². The van der Waals surface area contributed by atoms with Crippen LogP contribution in [0.25, 0.3) is 16.7 Å². The molecule has 0 spiro atoms. The van der Waals surface area contributed by atoms with E-state index >= 15 is 0 Å². The molecule has 0 aliphatic carbocycles. The highest BCUT2D eigenvalue weighted by Crippen LogP contribution is 2.35. The van der Waals surface area contributed by atoms with E-state index in [4.69, 9.17) is 0 Å². The summed E-state index contributed by atoms with van der Waals surface area (Å²) in [5, 5.41) is 11.4. The molecular weight excluding hydrogens is 399 g/mol. The van der Waals surface area contributed by atoms with E-state index in [0.717, 1.165) is 12.1 Å². The summed E-state index contributed by atoms with van der Waals surface area (Å²) >= 11 is 0. The minimum Gasteiger partial charge on any atom is -0.376 e. The minimum absolute atomic E-state index is 0.247. The van der Waals surface area contributed by atoms with Gasteiger partial charge in [-0.3, -0.25) is 9.78 Å². The molecule has 1 aromatic carbocycles. The van der Waals surface area contributed by atoms with E-state index in [1.54, 1.807) is 6.92 Å². The Morgan fingerprint density at radius 1 is 1.07 bits per heavy atom. The predicted molar refractivity (Wildman–Crippen MR) is 103 cm³/mol. The lowest BCUT2D eigenvalue weighted by atomic mass is 10.0. The molecule has 0 amide bonds. The fourth-order valence-corrected chi connectivity index (χ4v) is 3.24. The molecule has 0 saturated carbocycles. The van der Waals surface area contributed by atoms with Gasteiger partial charge in [-0.05, 0) is 31.5 Å². The number of hydrogen-bond donors (Lipinski definition) is 2. The van der Waals surface area contributed by atoms with Crippen molar-refractivity contribution in [2.24, 2.45) is 0 Å². The Morgan fingerprint density at radius 2 is 1.77 bits per heavy atom. The van der Waals surface area contributed by atoms with Crippen LogP contribution in [0.15, 0.2) is 47.8 Å². The van der Waals surface area contributed by atoms with E-state index in [1.165, 1.54) is 42.6 Å². The number of anilines is 1. The molecule has 3 aromatic heterocycles. The van der Waals surface area contributed by atoms with Crippen LogP contribution in [-0.4, -0.2) is 29.9 Å². The Morgan fingerprint density at radius 3 is 2.47 bits per heavy atom. The molecule has 0 saturated heterocycles. The number of aryl methyl sites for hydroxylation is 1. The molecule has 3 heterocycles. The SMILES string of the molecule is Cc1cc(C(F)(F)F)cc2c(NC(C)c3nccnc3-n3nccn3)cc(=O)[nH]c12. The Hall–Kier alpha value is -3.76. The zero-order valence-corrected chi connectivity index (χ0v) is 15.9. The van der Waals surface area contributed by atoms with Crippen LogP contribution in [-0.2, 0) is 6.18 Å². The molecule has 4 aromatic rings. The van der Waals surface area contributed by atoms with Gasteiger partial charge >= 0.3 is 6.18 Å². The van der Waals surface area contributed by atoms with Crippen LogP contribution in [0.3, 0.4) is 0 Å². The van der Waals surface area contributed by atoms with Crippen molar-refractivity contribution in [3.63, 3.8) is 0 Å². The maximum atomic E-state index is 13.3. The van der Waals surface area contributed by atoms with Gasteiger partial charge < -0.3 is 10.3 Å². The fraction of sp³-hybridized carbons (Fsp3) is 0.211. The molecule has 1 atom stereocenters. The van der Waals surface area contributed by atoms with Gasteiger partial charge in [0, 0.05) is 29.5 Å². The zero-order valence-electron chi connectivity index (χ0n) is 15.9. The second kappa shape index (κ2) is 7.25. The predicted octanol–water partition coefficient (Wildman–Crippen LogP) is 3.40. The first-order chi connectivity index (χ1) is 14.2. The molecule has 2 N–H and O–H groups in total. The lowest BCUT2D eigenvalue weighted by molar-refractivity contribution is -0.137. The number of alkyl halides is 3. The summed E-state index contributed by atoms with van der Waals surface area (Å²) in [7, 11) is 0. The third-order valence-electron chi connectivity index (χ3n) is 4.57. The molecule has 8 nitrogen and oxygen atoms in total. The van der Waals surface area contributed by atoms with Crippen molar-refractivity contribution in [2.75, 3.05) is 5.32 Å². The van der Waals surface area contributed by atoms with Crippen LogP contribution >= 0.6 is 0 Å². The van der Waals surface area contributed by atoms with Gasteiger partial charge in [0.25, 0.3) is 0 Å². The van der Waals surface area contributed by atoms with Gasteiger partial charge in [-0.15, -0.1) is 4.80 Å². The minimum atomic E-state index is -4.51. The Balaban J connectivity index is 1.81. The largest absolute Gasteiger partial charge is 0.416 e. The summed E-state index contributed by atoms with van der Waals surface area (Å²) in [6.45, 7) is 3.27. The first kappa shape index (κ1) is 19.6. The smallest absolute Gasteiger partial charge is 0.376 e. The Labute approximate surface area is 167 Å². The van der Waals surface area contributed by atoms with E-state index in [0.29, 0.717) is 22.6 Å². The highest BCUT2D eigenvalue weighted by atomic mass is 19.4. The molecule has 30 heavy (non-hydrogen) atoms. The number of fused-ring (bicyclic) bond motifs is 1. The van der Waals surface area contributed by atoms with E-state index in [2.05, 4.69) is 30.5 Å². The van der Waals surface area contributed by atoms with Crippen molar-refractivity contribution in [1.29, 1.82) is 0 Å². The molecule has 0 fully saturated rings. The fourth-order valence-electron chi connectivity index (χ4n) is 3.24. The van der Waals surface area contributed by atoms with Crippen molar-refractivity contribution < 1.29 is 13.2 Å². The van der Waals surface area contributed by atoms with Crippen molar-refractivity contribution in [3.8, 4) is 5.82 Å². The molecule has 0 radical (unpaired) electrons. The van der Waals surface area contributed by atoms with E-state index in [9.17, 15) is 18.0 Å². The number of aromatic nitrogens is 6. The van der Waals surface area contributed by atoms with Gasteiger partial charge in [0.05, 0.1) is 29.5 Å². The number of hydrogen-bond acceptors (Lipinski definition) is 6. The first-order valence-electron chi connectivity index (χ1n) is 8.93. The lowest BCUT2D eigenvalue weighted by Crippen LogP contribution is -2.17. The van der Waals surface area contributed by atoms with Crippen LogP contribution in [0, 0.1) is 6.92 Å². The second-order valence-electron chi connectivity index (χ2n) is 6.71. The summed E-state index contributed by atoms with van der Waals surface area (Å²) in [5.41, 5.74) is 0.128. The van der Waals surface area contributed by atoms with Crippen LogP contribution in [0.2, 0.25) is 0 Å². The van der Waals surface area contributed by atoms with Gasteiger partial charge in [-0.25, -0.2) is 4.98 Å². The third kappa shape index (κ3) is 3.61. The van der Waals surface area contributed by atoms with Gasteiger partial charge in [-0.1, -0.05) is 0 Å². The quantitative estimate of drug-likeness (QED) is 0.530. The van der Waals surface area contributed by atoms with E-state index < -0.39 is 23.3 Å². The molecular formula is C19H16F3N7O. The summed E-state index contributed by atoms with van der Waals surface area (Å²) in [5.74, 6) is 0.365. The average molecular weight is 415 g/mol. The molecule has 154 valence electrons. The monoisotopic (exact) mass is 415 g/mol. The van der Waals surface area contributed by atoms with Crippen LogP contribution < -0.4 is 10.9 Å². The molecule has 4 rings (SSSR count). The van der Waals surface area contributed by atoms with Crippen molar-refractivity contribution in [1.82, 2.24) is 29.9 Å². The van der Waals surface area contributed by atoms with Crippen molar-refractivity contribution >= 4 is 16.6 Å². The van der Waals surface area contributed by atoms with Gasteiger partial charge in [-0.2, -0.15) is 23.4 Å². The zero-order chi connectivity index (χ0) is 21.5. The Bertz CT molecular complexity index is 1270. The summed E-state index contributed by atoms with van der Waals surface area (Å²) in [6, 6.07) is 2.73. The standard InChI is InChI=1S/C19H16F3N7O/c1-10-7-12(19(20,21)22)8-13-14(9-15(30)28-16(10)13)27-11(2)17-18(24-4-3-23-17)29-25-5-6-26-29/h3-9,11H,1-2H3,(H2,27,28,30). The summed E-state index contributed by atoms with van der Waals surface area (Å²) in [4.78, 5) is 24.6. The number of benzene rings is 1. The molecule has 11 heteroatoms. The molecule has 0 aliphatic heterocycles. The highest BCUT2D eigenvalue weighted by Gasteiger charge is 2.31. The van der Waals surface area contributed by atoms with E-state index in [1.807, 2.05) is 0 Å². The second-order valence-corrected chi connectivity index (χ2v) is 6.71. The van der Waals surface area contributed by atoms with Gasteiger partial charge in [0.15, 0.2) is 5.82 Å².